The van der Waals surface area contributed by atoms with Gasteiger partial charge < -0.3 is 14.8 Å². The Bertz CT molecular complexity index is 916. The predicted octanol–water partition coefficient (Wildman–Crippen LogP) is 3.15. The quantitative estimate of drug-likeness (QED) is 0.755. The molecular formula is C18H21ClN2O5S. The normalized spacial score (nSPS) is 12.2. The Kier molecular flexibility index (Phi) is 6.56. The first kappa shape index (κ1) is 20.9. The van der Waals surface area contributed by atoms with Crippen LogP contribution in [-0.2, 0) is 14.8 Å². The van der Waals surface area contributed by atoms with E-state index in [4.69, 9.17) is 21.1 Å². The molecule has 2 aromatic rings. The Morgan fingerprint density at radius 1 is 1.11 bits per heavy atom. The van der Waals surface area contributed by atoms with Crippen LogP contribution in [0.3, 0.4) is 0 Å². The highest BCUT2D eigenvalue weighted by Gasteiger charge is 2.29. The molecular weight excluding hydrogens is 392 g/mol. The third-order valence-corrected chi connectivity index (χ3v) is 5.33. The maximum atomic E-state index is 12.7. The van der Waals surface area contributed by atoms with Crippen LogP contribution in [0.15, 0.2) is 42.5 Å². The summed E-state index contributed by atoms with van der Waals surface area (Å²) in [4.78, 5) is 12.7. The number of methoxy groups -OCH3 is 2. The van der Waals surface area contributed by atoms with Gasteiger partial charge in [0.25, 0.3) is 0 Å². The molecule has 0 bridgehead atoms. The highest BCUT2D eigenvalue weighted by Crippen LogP contribution is 2.30. The Labute approximate surface area is 163 Å². The number of anilines is 2. The lowest BCUT2D eigenvalue weighted by atomic mass is 10.2. The zero-order chi connectivity index (χ0) is 20.2. The zero-order valence-electron chi connectivity index (χ0n) is 15.4. The molecule has 7 nitrogen and oxygen atoms in total. The summed E-state index contributed by atoms with van der Waals surface area (Å²) in [7, 11) is -0.734. The fraction of sp³-hybridized carbons (Fsp3) is 0.278. The van der Waals surface area contributed by atoms with Crippen LogP contribution in [0.2, 0.25) is 5.02 Å². The standard InChI is InChI=1S/C18H21ClN2O5S/c1-12(21(27(4,23)24)14-7-5-13(19)6-8-14)18(22)20-16-10-9-15(25-2)11-17(16)26-3/h5-12H,1-4H3,(H,20,22). The molecule has 9 heteroatoms. The van der Waals surface area contributed by atoms with Crippen LogP contribution in [0.5, 0.6) is 11.5 Å². The minimum Gasteiger partial charge on any atom is -0.497 e. The molecule has 0 saturated heterocycles. The third-order valence-electron chi connectivity index (χ3n) is 3.84. The Balaban J connectivity index is 2.32. The number of hydrogen-bond donors (Lipinski definition) is 1. The Hall–Kier alpha value is -2.45. The highest BCUT2D eigenvalue weighted by atomic mass is 35.5. The summed E-state index contributed by atoms with van der Waals surface area (Å²) >= 11 is 5.87. The molecule has 0 fully saturated rings. The summed E-state index contributed by atoms with van der Waals surface area (Å²) in [5.74, 6) is 0.447. The zero-order valence-corrected chi connectivity index (χ0v) is 17.0. The van der Waals surface area contributed by atoms with E-state index in [1.807, 2.05) is 0 Å². The number of benzene rings is 2. The van der Waals surface area contributed by atoms with E-state index in [-0.39, 0.29) is 0 Å². The van der Waals surface area contributed by atoms with Crippen molar-refractivity contribution < 1.29 is 22.7 Å². The van der Waals surface area contributed by atoms with Gasteiger partial charge in [-0.25, -0.2) is 8.42 Å². The summed E-state index contributed by atoms with van der Waals surface area (Å²) in [6.07, 6.45) is 1.04. The first-order valence-corrected chi connectivity index (χ1v) is 10.2. The molecule has 2 aromatic carbocycles. The fourth-order valence-corrected chi connectivity index (χ4v) is 3.84. The van der Waals surface area contributed by atoms with Crippen molar-refractivity contribution in [1.82, 2.24) is 0 Å². The minimum atomic E-state index is -3.72. The second-order valence-corrected chi connectivity index (χ2v) is 8.06. The van der Waals surface area contributed by atoms with Gasteiger partial charge in [0, 0.05) is 11.1 Å². The topological polar surface area (TPSA) is 84.9 Å². The number of nitrogens with zero attached hydrogens (tertiary/aromatic N) is 1. The van der Waals surface area contributed by atoms with Gasteiger partial charge in [-0.3, -0.25) is 9.10 Å². The summed E-state index contributed by atoms with van der Waals surface area (Å²) in [5.41, 5.74) is 0.742. The number of carbonyl (C=O) groups excluding carboxylic acids is 1. The van der Waals surface area contributed by atoms with Crippen molar-refractivity contribution in [2.45, 2.75) is 13.0 Å². The molecule has 1 atom stereocenters. The van der Waals surface area contributed by atoms with Crippen LogP contribution >= 0.6 is 11.6 Å². The van der Waals surface area contributed by atoms with Gasteiger partial charge in [0.05, 0.1) is 31.9 Å². The fourth-order valence-electron chi connectivity index (χ4n) is 2.54. The number of hydrogen-bond acceptors (Lipinski definition) is 5. The lowest BCUT2D eigenvalue weighted by molar-refractivity contribution is -0.116. The van der Waals surface area contributed by atoms with Crippen molar-refractivity contribution in [2.75, 3.05) is 30.1 Å². The van der Waals surface area contributed by atoms with Gasteiger partial charge in [0.2, 0.25) is 15.9 Å². The van der Waals surface area contributed by atoms with Crippen LogP contribution in [0.4, 0.5) is 11.4 Å². The maximum Gasteiger partial charge on any atom is 0.248 e. The number of carbonyl (C=O) groups is 1. The predicted molar refractivity (Wildman–Crippen MR) is 106 cm³/mol. The number of rotatable bonds is 7. The molecule has 2 rings (SSSR count). The molecule has 1 amide bonds. The summed E-state index contributed by atoms with van der Waals surface area (Å²) in [6, 6.07) is 10.1. The van der Waals surface area contributed by atoms with Gasteiger partial charge >= 0.3 is 0 Å². The van der Waals surface area contributed by atoms with Gasteiger partial charge in [-0.15, -0.1) is 0 Å². The number of sulfonamides is 1. The molecule has 1 N–H and O–H groups in total. The van der Waals surface area contributed by atoms with E-state index in [0.717, 1.165) is 10.6 Å². The number of halogens is 1. The lowest BCUT2D eigenvalue weighted by Crippen LogP contribution is -2.45. The molecule has 27 heavy (non-hydrogen) atoms. The van der Waals surface area contributed by atoms with Crippen LogP contribution in [0.25, 0.3) is 0 Å². The van der Waals surface area contributed by atoms with Crippen molar-refractivity contribution in [1.29, 1.82) is 0 Å². The summed E-state index contributed by atoms with van der Waals surface area (Å²) < 4.78 is 36.0. The van der Waals surface area contributed by atoms with Gasteiger partial charge in [-0.05, 0) is 43.3 Å². The van der Waals surface area contributed by atoms with Crippen molar-refractivity contribution in [2.24, 2.45) is 0 Å². The molecule has 0 spiro atoms. The Morgan fingerprint density at radius 3 is 2.26 bits per heavy atom. The highest BCUT2D eigenvalue weighted by molar-refractivity contribution is 7.92. The number of amides is 1. The molecule has 0 radical (unpaired) electrons. The second kappa shape index (κ2) is 8.49. The third kappa shape index (κ3) is 5.05. The molecule has 146 valence electrons. The van der Waals surface area contributed by atoms with E-state index in [9.17, 15) is 13.2 Å². The molecule has 1 unspecified atom stereocenters. The minimum absolute atomic E-state index is 0.339. The number of nitrogens with one attached hydrogen (secondary N) is 1. The molecule has 0 saturated carbocycles. The van der Waals surface area contributed by atoms with Crippen molar-refractivity contribution in [3.05, 3.63) is 47.5 Å². The first-order valence-electron chi connectivity index (χ1n) is 7.95. The van der Waals surface area contributed by atoms with Crippen LogP contribution in [-0.4, -0.2) is 40.8 Å². The molecule has 0 heterocycles. The summed E-state index contributed by atoms with van der Waals surface area (Å²) in [6.45, 7) is 1.50. The van der Waals surface area contributed by atoms with Crippen molar-refractivity contribution in [3.8, 4) is 11.5 Å². The first-order chi connectivity index (χ1) is 12.7. The van der Waals surface area contributed by atoms with Gasteiger partial charge in [-0.2, -0.15) is 0 Å². The van der Waals surface area contributed by atoms with E-state index >= 15 is 0 Å². The van der Waals surface area contributed by atoms with E-state index in [2.05, 4.69) is 5.32 Å². The second-order valence-electron chi connectivity index (χ2n) is 5.77. The lowest BCUT2D eigenvalue weighted by Gasteiger charge is -2.28. The largest absolute Gasteiger partial charge is 0.497 e. The van der Waals surface area contributed by atoms with E-state index in [0.29, 0.717) is 27.9 Å². The van der Waals surface area contributed by atoms with Crippen molar-refractivity contribution in [3.63, 3.8) is 0 Å². The molecule has 0 aliphatic carbocycles. The van der Waals surface area contributed by atoms with E-state index in [1.54, 1.807) is 42.5 Å². The van der Waals surface area contributed by atoms with Gasteiger partial charge in [0.15, 0.2) is 0 Å². The SMILES string of the molecule is COc1ccc(NC(=O)C(C)N(c2ccc(Cl)cc2)S(C)(=O)=O)c(OC)c1. The molecule has 0 aromatic heterocycles. The molecule has 0 aliphatic rings. The van der Waals surface area contributed by atoms with Crippen LogP contribution in [0.1, 0.15) is 6.92 Å². The molecule has 0 aliphatic heterocycles. The van der Waals surface area contributed by atoms with Gasteiger partial charge in [0.1, 0.15) is 17.5 Å². The smallest absolute Gasteiger partial charge is 0.248 e. The van der Waals surface area contributed by atoms with E-state index < -0.39 is 22.0 Å². The number of ether oxygens (including phenoxy) is 2. The summed E-state index contributed by atoms with van der Waals surface area (Å²) in [5, 5.41) is 3.16. The maximum absolute atomic E-state index is 12.7. The van der Waals surface area contributed by atoms with Crippen LogP contribution in [0, 0.1) is 0 Å². The average Bonchev–Trinajstić information content (AvgIpc) is 2.62. The monoisotopic (exact) mass is 412 g/mol. The van der Waals surface area contributed by atoms with E-state index in [1.165, 1.54) is 21.1 Å². The average molecular weight is 413 g/mol. The van der Waals surface area contributed by atoms with Crippen molar-refractivity contribution >= 4 is 38.9 Å². The van der Waals surface area contributed by atoms with Crippen LogP contribution < -0.4 is 19.1 Å². The van der Waals surface area contributed by atoms with Gasteiger partial charge in [-0.1, -0.05) is 11.6 Å². The Morgan fingerprint density at radius 2 is 1.74 bits per heavy atom.